The fourth-order valence-corrected chi connectivity index (χ4v) is 1.78. The number of rotatable bonds is 4. The highest BCUT2D eigenvalue weighted by atomic mass is 16.5. The summed E-state index contributed by atoms with van der Waals surface area (Å²) in [6.45, 7) is 2.65. The summed E-state index contributed by atoms with van der Waals surface area (Å²) < 4.78 is 5.65. The van der Waals surface area contributed by atoms with Crippen LogP contribution in [0, 0.1) is 0 Å². The van der Waals surface area contributed by atoms with Crippen LogP contribution in [-0.4, -0.2) is 32.1 Å². The van der Waals surface area contributed by atoms with E-state index in [0.29, 0.717) is 0 Å². The van der Waals surface area contributed by atoms with Crippen LogP contribution in [0.15, 0.2) is 24.3 Å². The lowest BCUT2D eigenvalue weighted by molar-refractivity contribution is -0.116. The lowest BCUT2D eigenvalue weighted by Crippen LogP contribution is -2.33. The second kappa shape index (κ2) is 5.65. The Hall–Kier alpha value is -1.59. The molecule has 1 fully saturated rings. The van der Waals surface area contributed by atoms with Crippen molar-refractivity contribution in [1.29, 1.82) is 0 Å². The molecule has 0 spiro atoms. The number of carbonyl (C=O) groups excluding carboxylic acids is 1. The average Bonchev–Trinajstić information content (AvgIpc) is 2.38. The third-order valence-electron chi connectivity index (χ3n) is 2.68. The first-order chi connectivity index (χ1) is 8.25. The van der Waals surface area contributed by atoms with Crippen LogP contribution in [-0.2, 0) is 9.53 Å². The SMILES string of the molecule is NC(=O)CNc1ccc([C@H]2CNCCO2)cc1. The van der Waals surface area contributed by atoms with Crippen molar-refractivity contribution in [2.24, 2.45) is 5.73 Å². The van der Waals surface area contributed by atoms with Crippen molar-refractivity contribution in [3.63, 3.8) is 0 Å². The molecule has 0 aliphatic carbocycles. The maximum atomic E-state index is 10.6. The Kier molecular flexibility index (Phi) is 3.95. The van der Waals surface area contributed by atoms with Gasteiger partial charge in [0, 0.05) is 18.8 Å². The van der Waals surface area contributed by atoms with E-state index in [4.69, 9.17) is 10.5 Å². The average molecular weight is 235 g/mol. The highest BCUT2D eigenvalue weighted by Crippen LogP contribution is 2.20. The third kappa shape index (κ3) is 3.44. The van der Waals surface area contributed by atoms with Gasteiger partial charge in [-0.25, -0.2) is 0 Å². The second-order valence-corrected chi connectivity index (χ2v) is 4.01. The number of primary amides is 1. The van der Waals surface area contributed by atoms with Gasteiger partial charge in [0.15, 0.2) is 0 Å². The molecular weight excluding hydrogens is 218 g/mol. The van der Waals surface area contributed by atoms with Crippen LogP contribution in [0.1, 0.15) is 11.7 Å². The van der Waals surface area contributed by atoms with Crippen molar-refractivity contribution in [3.8, 4) is 0 Å². The van der Waals surface area contributed by atoms with E-state index >= 15 is 0 Å². The first-order valence-corrected chi connectivity index (χ1v) is 5.70. The van der Waals surface area contributed by atoms with Crippen LogP contribution in [0.5, 0.6) is 0 Å². The largest absolute Gasteiger partial charge is 0.376 e. The fraction of sp³-hybridized carbons (Fsp3) is 0.417. The number of hydrogen-bond donors (Lipinski definition) is 3. The smallest absolute Gasteiger partial charge is 0.236 e. The summed E-state index contributed by atoms with van der Waals surface area (Å²) in [5.74, 6) is -0.367. The summed E-state index contributed by atoms with van der Waals surface area (Å²) in [5, 5.41) is 6.23. The normalized spacial score (nSPS) is 19.9. The minimum atomic E-state index is -0.367. The zero-order chi connectivity index (χ0) is 12.1. The maximum absolute atomic E-state index is 10.6. The number of anilines is 1. The zero-order valence-electron chi connectivity index (χ0n) is 9.61. The summed E-state index contributed by atoms with van der Waals surface area (Å²) in [6, 6.07) is 7.86. The quantitative estimate of drug-likeness (QED) is 0.699. The molecule has 0 radical (unpaired) electrons. The summed E-state index contributed by atoms with van der Waals surface area (Å²) in [7, 11) is 0. The lowest BCUT2D eigenvalue weighted by atomic mass is 10.1. The number of morpholine rings is 1. The van der Waals surface area contributed by atoms with Crippen molar-refractivity contribution >= 4 is 11.6 Å². The molecule has 1 aromatic carbocycles. The van der Waals surface area contributed by atoms with Gasteiger partial charge in [0.1, 0.15) is 0 Å². The second-order valence-electron chi connectivity index (χ2n) is 4.01. The molecule has 1 aliphatic heterocycles. The Balaban J connectivity index is 1.94. The number of benzene rings is 1. The minimum absolute atomic E-state index is 0.119. The molecule has 1 aliphatic rings. The molecule has 2 rings (SSSR count). The van der Waals surface area contributed by atoms with E-state index in [1.54, 1.807) is 0 Å². The number of ether oxygens (including phenoxy) is 1. The van der Waals surface area contributed by atoms with E-state index in [9.17, 15) is 4.79 Å². The van der Waals surface area contributed by atoms with Gasteiger partial charge in [-0.05, 0) is 17.7 Å². The van der Waals surface area contributed by atoms with E-state index in [2.05, 4.69) is 10.6 Å². The standard InChI is InChI=1S/C12H17N3O2/c13-12(16)8-15-10-3-1-9(2-4-10)11-7-14-5-6-17-11/h1-4,11,14-15H,5-8H2,(H2,13,16)/t11-/m1/s1. The number of nitrogens with one attached hydrogen (secondary N) is 2. The van der Waals surface area contributed by atoms with Crippen LogP contribution in [0.25, 0.3) is 0 Å². The van der Waals surface area contributed by atoms with Gasteiger partial charge in [0.05, 0.1) is 19.3 Å². The first kappa shape index (κ1) is 11.9. The molecule has 0 aromatic heterocycles. The van der Waals surface area contributed by atoms with E-state index < -0.39 is 0 Å². The van der Waals surface area contributed by atoms with Gasteiger partial charge >= 0.3 is 0 Å². The highest BCUT2D eigenvalue weighted by molar-refractivity contribution is 5.78. The lowest BCUT2D eigenvalue weighted by Gasteiger charge is -2.24. The first-order valence-electron chi connectivity index (χ1n) is 5.70. The number of hydrogen-bond acceptors (Lipinski definition) is 4. The Morgan fingerprint density at radius 2 is 2.24 bits per heavy atom. The number of nitrogens with two attached hydrogens (primary N) is 1. The molecule has 5 nitrogen and oxygen atoms in total. The van der Waals surface area contributed by atoms with E-state index in [1.165, 1.54) is 0 Å². The summed E-state index contributed by atoms with van der Waals surface area (Å²) >= 11 is 0. The van der Waals surface area contributed by atoms with Gasteiger partial charge in [-0.1, -0.05) is 12.1 Å². The predicted molar refractivity (Wildman–Crippen MR) is 65.7 cm³/mol. The van der Waals surface area contributed by atoms with Crippen LogP contribution in [0.2, 0.25) is 0 Å². The number of carbonyl (C=O) groups is 1. The molecule has 1 amide bonds. The maximum Gasteiger partial charge on any atom is 0.236 e. The van der Waals surface area contributed by atoms with Gasteiger partial charge in [-0.3, -0.25) is 4.79 Å². The van der Waals surface area contributed by atoms with E-state index in [0.717, 1.165) is 30.9 Å². The molecule has 92 valence electrons. The molecule has 0 unspecified atom stereocenters. The molecular formula is C12H17N3O2. The summed E-state index contributed by atoms with van der Waals surface area (Å²) in [4.78, 5) is 10.6. The molecule has 5 heteroatoms. The van der Waals surface area contributed by atoms with Gasteiger partial charge in [-0.15, -0.1) is 0 Å². The Bertz CT molecular complexity index is 372. The third-order valence-corrected chi connectivity index (χ3v) is 2.68. The molecule has 1 heterocycles. The fourth-order valence-electron chi connectivity index (χ4n) is 1.78. The predicted octanol–water partition coefficient (Wildman–Crippen LogP) is 0.245. The van der Waals surface area contributed by atoms with E-state index in [1.807, 2.05) is 24.3 Å². The van der Waals surface area contributed by atoms with Crippen molar-refractivity contribution in [2.75, 3.05) is 31.6 Å². The van der Waals surface area contributed by atoms with Crippen molar-refractivity contribution in [3.05, 3.63) is 29.8 Å². The Labute approximate surface area is 100 Å². The van der Waals surface area contributed by atoms with Crippen LogP contribution in [0.3, 0.4) is 0 Å². The monoisotopic (exact) mass is 235 g/mol. The van der Waals surface area contributed by atoms with Gasteiger partial charge in [0.25, 0.3) is 0 Å². The molecule has 4 N–H and O–H groups in total. The van der Waals surface area contributed by atoms with Crippen LogP contribution in [0.4, 0.5) is 5.69 Å². The molecule has 1 saturated heterocycles. The number of amides is 1. The molecule has 1 atom stereocenters. The molecule has 17 heavy (non-hydrogen) atoms. The van der Waals surface area contributed by atoms with Crippen LogP contribution >= 0.6 is 0 Å². The topological polar surface area (TPSA) is 76.4 Å². The highest BCUT2D eigenvalue weighted by Gasteiger charge is 2.14. The molecule has 0 saturated carbocycles. The molecule has 1 aromatic rings. The summed E-state index contributed by atoms with van der Waals surface area (Å²) in [5.41, 5.74) is 7.08. The van der Waals surface area contributed by atoms with Crippen LogP contribution < -0.4 is 16.4 Å². The van der Waals surface area contributed by atoms with Gasteiger partial charge in [0.2, 0.25) is 5.91 Å². The molecule has 0 bridgehead atoms. The van der Waals surface area contributed by atoms with Crippen molar-refractivity contribution < 1.29 is 9.53 Å². The van der Waals surface area contributed by atoms with E-state index in [-0.39, 0.29) is 18.6 Å². The van der Waals surface area contributed by atoms with Crippen molar-refractivity contribution in [2.45, 2.75) is 6.10 Å². The van der Waals surface area contributed by atoms with Gasteiger partial charge < -0.3 is 21.1 Å². The Morgan fingerprint density at radius 1 is 1.47 bits per heavy atom. The zero-order valence-corrected chi connectivity index (χ0v) is 9.61. The Morgan fingerprint density at radius 3 is 2.82 bits per heavy atom. The van der Waals surface area contributed by atoms with Crippen molar-refractivity contribution in [1.82, 2.24) is 5.32 Å². The minimum Gasteiger partial charge on any atom is -0.376 e. The van der Waals surface area contributed by atoms with Gasteiger partial charge in [-0.2, -0.15) is 0 Å². The summed E-state index contributed by atoms with van der Waals surface area (Å²) in [6.07, 6.45) is 0.119.